The molecule has 1 fully saturated rings. The number of nitrogens with zero attached hydrogens (tertiary/aromatic N) is 1. The van der Waals surface area contributed by atoms with Crippen LogP contribution >= 0.6 is 0 Å². The van der Waals surface area contributed by atoms with Crippen LogP contribution in [0.1, 0.15) is 71.0 Å². The van der Waals surface area contributed by atoms with Gasteiger partial charge in [0.25, 0.3) is 0 Å². The summed E-state index contributed by atoms with van der Waals surface area (Å²) in [5.74, 6) is -0.139. The van der Waals surface area contributed by atoms with Crippen molar-refractivity contribution in [1.82, 2.24) is 10.2 Å². The van der Waals surface area contributed by atoms with E-state index in [2.05, 4.69) is 10.6 Å². The van der Waals surface area contributed by atoms with Gasteiger partial charge in [0.15, 0.2) is 11.6 Å². The van der Waals surface area contributed by atoms with Crippen LogP contribution in [-0.4, -0.2) is 59.7 Å². The zero-order chi connectivity index (χ0) is 29.9. The molecule has 1 aliphatic heterocycles. The van der Waals surface area contributed by atoms with Crippen molar-refractivity contribution in [3.8, 4) is 0 Å². The maximum atomic E-state index is 13.6. The molecule has 42 heavy (non-hydrogen) atoms. The van der Waals surface area contributed by atoms with Crippen molar-refractivity contribution in [2.24, 2.45) is 5.92 Å². The summed E-state index contributed by atoms with van der Waals surface area (Å²) in [6.45, 7) is 7.10. The average Bonchev–Trinajstić information content (AvgIpc) is 2.98. The van der Waals surface area contributed by atoms with E-state index in [1.165, 1.54) is 0 Å². The number of likely N-dealkylation sites (tertiary alicyclic amines) is 1. The average molecular weight is 568 g/mol. The predicted molar refractivity (Wildman–Crippen MR) is 161 cm³/mol. The normalized spacial score (nSPS) is 15.8. The molecule has 0 bridgehead atoms. The quantitative estimate of drug-likeness (QED) is 0.316. The fraction of sp³-hybridized carbons (Fsp3) is 0.353. The predicted octanol–water partition coefficient (Wildman–Crippen LogP) is 5.25. The largest absolute Gasteiger partial charge is 0.444 e. The van der Waals surface area contributed by atoms with E-state index in [0.717, 1.165) is 18.4 Å². The highest BCUT2D eigenvalue weighted by molar-refractivity contribution is 6.30. The Balaban J connectivity index is 1.21. The van der Waals surface area contributed by atoms with Crippen molar-refractivity contribution in [3.63, 3.8) is 0 Å². The number of piperidine rings is 1. The smallest absolute Gasteiger partial charge is 0.408 e. The summed E-state index contributed by atoms with van der Waals surface area (Å²) in [6.07, 6.45) is 1.30. The van der Waals surface area contributed by atoms with Gasteiger partial charge in [-0.15, -0.1) is 0 Å². The van der Waals surface area contributed by atoms with Gasteiger partial charge in [0.2, 0.25) is 5.91 Å². The van der Waals surface area contributed by atoms with Crippen LogP contribution < -0.4 is 10.6 Å². The summed E-state index contributed by atoms with van der Waals surface area (Å²) in [5.41, 5.74) is 2.65. The van der Waals surface area contributed by atoms with Gasteiger partial charge < -0.3 is 20.3 Å². The number of ketones is 2. The standard InChI is InChI=1S/C34H37N3O5/c1-34(2,3)42-33(41)36-28(20-22-10-5-4-6-11-22)32(40)37-18-16-23(17-19-37)21-35-27-15-9-14-26-29(27)31(39)25-13-8-7-12-24(25)30(26)38/h4-15,23,28,35H,16-21H2,1-3H3,(H,36,41)/t28-/m0/s1. The topological polar surface area (TPSA) is 105 Å². The summed E-state index contributed by atoms with van der Waals surface area (Å²) < 4.78 is 5.43. The first-order valence-electron chi connectivity index (χ1n) is 14.5. The first kappa shape index (κ1) is 29.0. The van der Waals surface area contributed by atoms with Crippen LogP contribution in [0.4, 0.5) is 10.5 Å². The summed E-state index contributed by atoms with van der Waals surface area (Å²) in [4.78, 5) is 54.4. The Labute approximate surface area is 246 Å². The molecule has 0 spiro atoms. The highest BCUT2D eigenvalue weighted by atomic mass is 16.6. The Morgan fingerprint density at radius 1 is 0.857 bits per heavy atom. The van der Waals surface area contributed by atoms with Crippen LogP contribution in [-0.2, 0) is 16.0 Å². The molecular formula is C34H37N3O5. The number of carbonyl (C=O) groups is 4. The molecule has 2 aliphatic rings. The molecule has 0 saturated carbocycles. The van der Waals surface area contributed by atoms with Gasteiger partial charge in [-0.2, -0.15) is 0 Å². The fourth-order valence-electron chi connectivity index (χ4n) is 5.62. The van der Waals surface area contributed by atoms with Crippen molar-refractivity contribution < 1.29 is 23.9 Å². The van der Waals surface area contributed by atoms with Gasteiger partial charge in [0.1, 0.15) is 11.6 Å². The van der Waals surface area contributed by atoms with Gasteiger partial charge in [0.05, 0.1) is 5.56 Å². The molecule has 0 radical (unpaired) electrons. The van der Waals surface area contributed by atoms with Crippen molar-refractivity contribution in [1.29, 1.82) is 0 Å². The molecule has 2 amide bonds. The second-order valence-electron chi connectivity index (χ2n) is 12.0. The highest BCUT2D eigenvalue weighted by Crippen LogP contribution is 2.32. The number of nitrogens with one attached hydrogen (secondary N) is 2. The van der Waals surface area contributed by atoms with Gasteiger partial charge in [-0.25, -0.2) is 4.79 Å². The third-order valence-electron chi connectivity index (χ3n) is 7.73. The second-order valence-corrected chi connectivity index (χ2v) is 12.0. The third kappa shape index (κ3) is 6.54. The lowest BCUT2D eigenvalue weighted by Gasteiger charge is -2.35. The lowest BCUT2D eigenvalue weighted by atomic mass is 9.83. The molecule has 1 aliphatic carbocycles. The number of anilines is 1. The van der Waals surface area contributed by atoms with Gasteiger partial charge in [0, 0.05) is 48.4 Å². The molecule has 218 valence electrons. The highest BCUT2D eigenvalue weighted by Gasteiger charge is 2.33. The third-order valence-corrected chi connectivity index (χ3v) is 7.73. The summed E-state index contributed by atoms with van der Waals surface area (Å²) in [7, 11) is 0. The maximum absolute atomic E-state index is 13.6. The molecule has 1 heterocycles. The van der Waals surface area contributed by atoms with Gasteiger partial charge >= 0.3 is 6.09 Å². The number of hydrogen-bond acceptors (Lipinski definition) is 6. The van der Waals surface area contributed by atoms with E-state index in [9.17, 15) is 19.2 Å². The molecular weight excluding hydrogens is 530 g/mol. The molecule has 3 aromatic carbocycles. The molecule has 2 N–H and O–H groups in total. The Kier molecular flexibility index (Phi) is 8.43. The molecule has 5 rings (SSSR count). The van der Waals surface area contributed by atoms with Crippen molar-refractivity contribution >= 4 is 29.3 Å². The van der Waals surface area contributed by atoms with Crippen molar-refractivity contribution in [2.75, 3.05) is 25.0 Å². The van der Waals surface area contributed by atoms with Gasteiger partial charge in [-0.3, -0.25) is 14.4 Å². The molecule has 1 atom stereocenters. The van der Waals surface area contributed by atoms with Crippen LogP contribution in [0.2, 0.25) is 0 Å². The minimum atomic E-state index is -0.737. The Morgan fingerprint density at radius 3 is 2.14 bits per heavy atom. The van der Waals surface area contributed by atoms with Crippen LogP contribution in [0.25, 0.3) is 0 Å². The lowest BCUT2D eigenvalue weighted by Crippen LogP contribution is -2.52. The fourth-order valence-corrected chi connectivity index (χ4v) is 5.62. The number of ether oxygens (including phenoxy) is 1. The SMILES string of the molecule is CC(C)(C)OC(=O)N[C@@H](Cc1ccccc1)C(=O)N1CCC(CNc2cccc3c2C(=O)c2ccccc2C3=O)CC1. The molecule has 1 saturated heterocycles. The monoisotopic (exact) mass is 567 g/mol. The number of rotatable bonds is 7. The maximum Gasteiger partial charge on any atom is 0.408 e. The first-order chi connectivity index (χ1) is 20.1. The van der Waals surface area contributed by atoms with E-state index >= 15 is 0 Å². The summed E-state index contributed by atoms with van der Waals surface area (Å²) in [6, 6.07) is 21.2. The minimum Gasteiger partial charge on any atom is -0.444 e. The van der Waals surface area contributed by atoms with Gasteiger partial charge in [-0.05, 0) is 51.2 Å². The number of amides is 2. The number of hydrogen-bond donors (Lipinski definition) is 2. The number of fused-ring (bicyclic) bond motifs is 2. The zero-order valence-corrected chi connectivity index (χ0v) is 24.3. The van der Waals surface area contributed by atoms with Crippen LogP contribution in [0.5, 0.6) is 0 Å². The molecule has 0 unspecified atom stereocenters. The van der Waals surface area contributed by atoms with E-state index < -0.39 is 17.7 Å². The minimum absolute atomic E-state index is 0.129. The van der Waals surface area contributed by atoms with Crippen LogP contribution in [0, 0.1) is 5.92 Å². The Morgan fingerprint density at radius 2 is 1.48 bits per heavy atom. The van der Waals surface area contributed by atoms with Crippen molar-refractivity contribution in [3.05, 3.63) is 101 Å². The summed E-state index contributed by atoms with van der Waals surface area (Å²) in [5, 5.41) is 6.22. The van der Waals surface area contributed by atoms with E-state index in [4.69, 9.17) is 4.74 Å². The molecule has 3 aromatic rings. The second kappa shape index (κ2) is 12.2. The first-order valence-corrected chi connectivity index (χ1v) is 14.5. The van der Waals surface area contributed by atoms with E-state index in [1.54, 1.807) is 57.2 Å². The molecule has 8 heteroatoms. The van der Waals surface area contributed by atoms with Crippen LogP contribution in [0.3, 0.4) is 0 Å². The number of alkyl carbamates (subject to hydrolysis) is 1. The Hall–Kier alpha value is -4.46. The van der Waals surface area contributed by atoms with Gasteiger partial charge in [-0.1, -0.05) is 66.7 Å². The lowest BCUT2D eigenvalue weighted by molar-refractivity contribution is -0.134. The van der Waals surface area contributed by atoms with Crippen LogP contribution in [0.15, 0.2) is 72.8 Å². The number of benzene rings is 3. The van der Waals surface area contributed by atoms with Crippen molar-refractivity contribution in [2.45, 2.75) is 51.7 Å². The van der Waals surface area contributed by atoms with E-state index in [1.807, 2.05) is 41.3 Å². The molecule has 8 nitrogen and oxygen atoms in total. The van der Waals surface area contributed by atoms with E-state index in [0.29, 0.717) is 54.0 Å². The zero-order valence-electron chi connectivity index (χ0n) is 24.3. The Bertz CT molecular complexity index is 1490. The van der Waals surface area contributed by atoms with E-state index in [-0.39, 0.29) is 23.4 Å². The molecule has 0 aromatic heterocycles. The summed E-state index contributed by atoms with van der Waals surface area (Å²) >= 11 is 0. The number of carbonyl (C=O) groups excluding carboxylic acids is 4.